The average molecular weight is 407 g/mol. The van der Waals surface area contributed by atoms with Crippen molar-refractivity contribution in [1.82, 2.24) is 10.2 Å². The van der Waals surface area contributed by atoms with Crippen LogP contribution in [0.25, 0.3) is 0 Å². The molecule has 1 atom stereocenters. The molecular formula is C22H28Cl2N2O. The highest BCUT2D eigenvalue weighted by atomic mass is 35.5. The number of hydrogen-bond donors (Lipinski definition) is 2. The Morgan fingerprint density at radius 3 is 2.41 bits per heavy atom. The van der Waals surface area contributed by atoms with Crippen LogP contribution in [-0.2, 0) is 5.60 Å². The molecule has 0 radical (unpaired) electrons. The quantitative estimate of drug-likeness (QED) is 0.700. The van der Waals surface area contributed by atoms with Gasteiger partial charge >= 0.3 is 0 Å². The van der Waals surface area contributed by atoms with Crippen molar-refractivity contribution in [2.24, 2.45) is 0 Å². The molecular weight excluding hydrogens is 379 g/mol. The lowest BCUT2D eigenvalue weighted by atomic mass is 9.84. The first-order valence-corrected chi connectivity index (χ1v) is 10.4. The summed E-state index contributed by atoms with van der Waals surface area (Å²) in [5.41, 5.74) is 1.57. The van der Waals surface area contributed by atoms with Gasteiger partial charge in [-0.15, -0.1) is 0 Å². The molecule has 1 unspecified atom stereocenters. The number of hydrogen-bond acceptors (Lipinski definition) is 3. The fourth-order valence-electron chi connectivity index (χ4n) is 3.92. The minimum Gasteiger partial charge on any atom is -0.385 e. The number of halogens is 2. The van der Waals surface area contributed by atoms with Crippen LogP contribution in [0.4, 0.5) is 0 Å². The maximum absolute atomic E-state index is 11.0. The molecule has 2 aromatic rings. The summed E-state index contributed by atoms with van der Waals surface area (Å²) in [4.78, 5) is 2.46. The van der Waals surface area contributed by atoms with Crippen molar-refractivity contribution in [3.63, 3.8) is 0 Å². The summed E-state index contributed by atoms with van der Waals surface area (Å²) in [5, 5.41) is 15.5. The number of nitrogens with one attached hydrogen (secondary N) is 1. The van der Waals surface area contributed by atoms with E-state index < -0.39 is 5.60 Å². The second kappa shape index (κ2) is 9.40. The summed E-state index contributed by atoms with van der Waals surface area (Å²) in [5.74, 6) is 0.389. The molecule has 146 valence electrons. The molecule has 0 spiro atoms. The molecule has 0 aliphatic carbocycles. The number of aliphatic hydroxyl groups is 1. The molecule has 3 nitrogen and oxygen atoms in total. The standard InChI is InChI=1S/C22H28Cl2N2O/c1-25-16-18(17-7-8-20(23)21(24)15-17)9-12-26-13-10-22(27,11-14-26)19-5-3-2-4-6-19/h2-8,15,18,25,27H,9-14,16H2,1H3. The number of nitrogens with zero attached hydrogens (tertiary/aromatic N) is 1. The SMILES string of the molecule is CNCC(CCN1CCC(O)(c2ccccc2)CC1)c1ccc(Cl)c(Cl)c1. The molecule has 27 heavy (non-hydrogen) atoms. The van der Waals surface area contributed by atoms with Crippen molar-refractivity contribution >= 4 is 23.2 Å². The molecule has 1 heterocycles. The van der Waals surface area contributed by atoms with Crippen molar-refractivity contribution in [3.8, 4) is 0 Å². The Kier molecular flexibility index (Phi) is 7.18. The predicted octanol–water partition coefficient (Wildman–Crippen LogP) is 4.67. The lowest BCUT2D eigenvalue weighted by molar-refractivity contribution is -0.0263. The summed E-state index contributed by atoms with van der Waals surface area (Å²) >= 11 is 12.3. The Bertz CT molecular complexity index is 730. The Morgan fingerprint density at radius 2 is 1.78 bits per heavy atom. The van der Waals surface area contributed by atoms with Crippen LogP contribution in [0, 0.1) is 0 Å². The zero-order chi connectivity index (χ0) is 19.3. The van der Waals surface area contributed by atoms with Crippen LogP contribution in [0.1, 0.15) is 36.3 Å². The molecule has 0 saturated carbocycles. The van der Waals surface area contributed by atoms with Crippen molar-refractivity contribution in [2.45, 2.75) is 30.8 Å². The highest BCUT2D eigenvalue weighted by Gasteiger charge is 2.33. The Labute approximate surface area is 172 Å². The van der Waals surface area contributed by atoms with E-state index in [2.05, 4.69) is 16.3 Å². The Balaban J connectivity index is 1.57. The minimum atomic E-state index is -0.689. The summed E-state index contributed by atoms with van der Waals surface area (Å²) in [6, 6.07) is 16.0. The van der Waals surface area contributed by atoms with E-state index in [4.69, 9.17) is 23.2 Å². The molecule has 0 amide bonds. The summed E-state index contributed by atoms with van der Waals surface area (Å²) < 4.78 is 0. The van der Waals surface area contributed by atoms with E-state index in [9.17, 15) is 5.11 Å². The second-order valence-electron chi connectivity index (χ2n) is 7.46. The third kappa shape index (κ3) is 5.24. The van der Waals surface area contributed by atoms with Gasteiger partial charge in [0.2, 0.25) is 0 Å². The minimum absolute atomic E-state index is 0.389. The number of rotatable bonds is 7. The van der Waals surface area contributed by atoms with Crippen LogP contribution in [0.5, 0.6) is 0 Å². The lowest BCUT2D eigenvalue weighted by Crippen LogP contribution is -2.43. The molecule has 5 heteroatoms. The van der Waals surface area contributed by atoms with Gasteiger partial charge in [0.25, 0.3) is 0 Å². The fourth-order valence-corrected chi connectivity index (χ4v) is 4.23. The summed E-state index contributed by atoms with van der Waals surface area (Å²) in [7, 11) is 1.98. The van der Waals surface area contributed by atoms with Crippen LogP contribution >= 0.6 is 23.2 Å². The number of likely N-dealkylation sites (N-methyl/N-ethyl adjacent to an activating group) is 1. The van der Waals surface area contributed by atoms with E-state index in [-0.39, 0.29) is 0 Å². The topological polar surface area (TPSA) is 35.5 Å². The maximum Gasteiger partial charge on any atom is 0.0920 e. The fraction of sp³-hybridized carbons (Fsp3) is 0.455. The molecule has 1 aliphatic rings. The van der Waals surface area contributed by atoms with Crippen molar-refractivity contribution < 1.29 is 5.11 Å². The van der Waals surface area contributed by atoms with Crippen molar-refractivity contribution in [3.05, 3.63) is 69.7 Å². The Morgan fingerprint density at radius 1 is 1.07 bits per heavy atom. The Hall–Kier alpha value is -1.10. The first-order valence-electron chi connectivity index (χ1n) is 9.61. The van der Waals surface area contributed by atoms with Gasteiger partial charge in [0.15, 0.2) is 0 Å². The third-order valence-corrected chi connectivity index (χ3v) is 6.39. The monoisotopic (exact) mass is 406 g/mol. The predicted molar refractivity (Wildman–Crippen MR) is 114 cm³/mol. The molecule has 0 bridgehead atoms. The van der Waals surface area contributed by atoms with Gasteiger partial charge in [-0.3, -0.25) is 0 Å². The van der Waals surface area contributed by atoms with Crippen LogP contribution in [0.15, 0.2) is 48.5 Å². The second-order valence-corrected chi connectivity index (χ2v) is 8.27. The van der Waals surface area contributed by atoms with Gasteiger partial charge in [-0.25, -0.2) is 0 Å². The molecule has 1 fully saturated rings. The molecule has 1 saturated heterocycles. The van der Waals surface area contributed by atoms with E-state index in [1.54, 1.807) is 0 Å². The van der Waals surface area contributed by atoms with Gasteiger partial charge in [-0.05, 0) is 62.0 Å². The van der Waals surface area contributed by atoms with Crippen molar-refractivity contribution in [2.75, 3.05) is 33.2 Å². The van der Waals surface area contributed by atoms with Gasteiger partial charge < -0.3 is 15.3 Å². The van der Waals surface area contributed by atoms with Crippen LogP contribution in [0.3, 0.4) is 0 Å². The first-order chi connectivity index (χ1) is 13.0. The lowest BCUT2D eigenvalue weighted by Gasteiger charge is -2.39. The third-order valence-electron chi connectivity index (χ3n) is 5.65. The average Bonchev–Trinajstić information content (AvgIpc) is 2.69. The van der Waals surface area contributed by atoms with Gasteiger partial charge in [0, 0.05) is 19.6 Å². The zero-order valence-electron chi connectivity index (χ0n) is 15.8. The highest BCUT2D eigenvalue weighted by Crippen LogP contribution is 2.33. The van der Waals surface area contributed by atoms with Crippen LogP contribution < -0.4 is 5.32 Å². The van der Waals surface area contributed by atoms with Crippen LogP contribution in [0.2, 0.25) is 10.0 Å². The van der Waals surface area contributed by atoms with Gasteiger partial charge in [-0.1, -0.05) is 59.6 Å². The molecule has 2 aromatic carbocycles. The molecule has 1 aliphatic heterocycles. The molecule has 2 N–H and O–H groups in total. The molecule has 3 rings (SSSR count). The highest BCUT2D eigenvalue weighted by molar-refractivity contribution is 6.42. The zero-order valence-corrected chi connectivity index (χ0v) is 17.3. The van der Waals surface area contributed by atoms with E-state index in [1.807, 2.05) is 49.5 Å². The van der Waals surface area contributed by atoms with Gasteiger partial charge in [-0.2, -0.15) is 0 Å². The maximum atomic E-state index is 11.0. The van der Waals surface area contributed by atoms with E-state index in [0.717, 1.165) is 51.0 Å². The number of benzene rings is 2. The summed E-state index contributed by atoms with van der Waals surface area (Å²) in [6.45, 7) is 3.75. The normalized spacial score (nSPS) is 18.4. The van der Waals surface area contributed by atoms with E-state index in [1.165, 1.54) is 5.56 Å². The van der Waals surface area contributed by atoms with Crippen molar-refractivity contribution in [1.29, 1.82) is 0 Å². The first kappa shape index (κ1) is 20.6. The van der Waals surface area contributed by atoms with Gasteiger partial charge in [0.05, 0.1) is 15.6 Å². The van der Waals surface area contributed by atoms with Crippen LogP contribution in [-0.4, -0.2) is 43.2 Å². The number of piperidine rings is 1. The number of likely N-dealkylation sites (tertiary alicyclic amines) is 1. The molecule has 0 aromatic heterocycles. The smallest absolute Gasteiger partial charge is 0.0920 e. The van der Waals surface area contributed by atoms with E-state index in [0.29, 0.717) is 16.0 Å². The van der Waals surface area contributed by atoms with E-state index >= 15 is 0 Å². The summed E-state index contributed by atoms with van der Waals surface area (Å²) in [6.07, 6.45) is 2.60. The largest absolute Gasteiger partial charge is 0.385 e. The van der Waals surface area contributed by atoms with Gasteiger partial charge in [0.1, 0.15) is 0 Å².